The summed E-state index contributed by atoms with van der Waals surface area (Å²) in [5.74, 6) is 2.01. The number of carbonyl (C=O) groups is 1. The summed E-state index contributed by atoms with van der Waals surface area (Å²) in [6.07, 6.45) is 4.75. The molecular weight excluding hydrogens is 340 g/mol. The first kappa shape index (κ1) is 17.8. The molecule has 1 unspecified atom stereocenters. The number of hydrogen-bond acceptors (Lipinski definition) is 2. The predicted molar refractivity (Wildman–Crippen MR) is 105 cm³/mol. The molecule has 0 spiro atoms. The highest BCUT2D eigenvalue weighted by molar-refractivity contribution is 7.97. The van der Waals surface area contributed by atoms with Gasteiger partial charge in [0.15, 0.2) is 20.8 Å². The Morgan fingerprint density at radius 2 is 1.42 bits per heavy atom. The quantitative estimate of drug-likeness (QED) is 0.366. The van der Waals surface area contributed by atoms with E-state index in [9.17, 15) is 4.79 Å². The molecule has 3 aromatic carbocycles. The summed E-state index contributed by atoms with van der Waals surface area (Å²) in [6, 6.07) is 28.2. The van der Waals surface area contributed by atoms with Crippen LogP contribution in [0.2, 0.25) is 0 Å². The highest BCUT2D eigenvalue weighted by atomic mass is 32.2. The standard InChI is InChI=1S/C23H19O2S/c1-3-18(2)25-23(24)19-11-10-16-22(17-19)26(20-12-6-4-7-13-20)21-14-8-5-9-15-21/h1,4-18H,2H3/q+1. The molecule has 0 bridgehead atoms. The Balaban J connectivity index is 2.02. The molecule has 3 aromatic rings. The number of hydrogen-bond donors (Lipinski definition) is 0. The van der Waals surface area contributed by atoms with Crippen molar-refractivity contribution in [2.45, 2.75) is 27.7 Å². The molecule has 0 N–H and O–H groups in total. The molecule has 3 heteroatoms. The van der Waals surface area contributed by atoms with Crippen molar-refractivity contribution in [2.24, 2.45) is 0 Å². The van der Waals surface area contributed by atoms with E-state index < -0.39 is 12.1 Å². The highest BCUT2D eigenvalue weighted by Crippen LogP contribution is 2.31. The van der Waals surface area contributed by atoms with Gasteiger partial charge in [0.2, 0.25) is 0 Å². The van der Waals surface area contributed by atoms with E-state index in [1.54, 1.807) is 13.0 Å². The molecule has 0 saturated carbocycles. The molecule has 0 aliphatic heterocycles. The van der Waals surface area contributed by atoms with Crippen LogP contribution in [-0.4, -0.2) is 12.1 Å². The Bertz CT molecular complexity index is 874. The van der Waals surface area contributed by atoms with Crippen LogP contribution in [0, 0.1) is 12.3 Å². The van der Waals surface area contributed by atoms with Crippen LogP contribution in [0.4, 0.5) is 0 Å². The average Bonchev–Trinajstić information content (AvgIpc) is 2.70. The maximum atomic E-state index is 12.3. The Labute approximate surface area is 157 Å². The van der Waals surface area contributed by atoms with Gasteiger partial charge in [-0.1, -0.05) is 48.4 Å². The molecular formula is C23H19O2S+. The molecule has 0 fully saturated rings. The Hall–Kier alpha value is -2.96. The minimum absolute atomic E-state index is 0.304. The van der Waals surface area contributed by atoms with Gasteiger partial charge in [0.25, 0.3) is 0 Å². The van der Waals surface area contributed by atoms with Crippen LogP contribution in [-0.2, 0) is 15.6 Å². The summed E-state index contributed by atoms with van der Waals surface area (Å²) >= 11 is 0. The van der Waals surface area contributed by atoms with Gasteiger partial charge in [-0.2, -0.15) is 0 Å². The Morgan fingerprint density at radius 3 is 1.96 bits per heavy atom. The van der Waals surface area contributed by atoms with Crippen LogP contribution in [0.1, 0.15) is 17.3 Å². The third-order valence-electron chi connectivity index (χ3n) is 3.78. The van der Waals surface area contributed by atoms with Crippen LogP contribution in [0.15, 0.2) is 99.6 Å². The second-order valence-electron chi connectivity index (χ2n) is 5.67. The second kappa shape index (κ2) is 8.42. The van der Waals surface area contributed by atoms with Crippen LogP contribution in [0.5, 0.6) is 0 Å². The van der Waals surface area contributed by atoms with Gasteiger partial charge in [0.1, 0.15) is 0 Å². The van der Waals surface area contributed by atoms with Gasteiger partial charge < -0.3 is 4.74 Å². The van der Waals surface area contributed by atoms with Crippen LogP contribution in [0.25, 0.3) is 0 Å². The smallest absolute Gasteiger partial charge is 0.339 e. The lowest BCUT2D eigenvalue weighted by molar-refractivity contribution is 0.0438. The van der Waals surface area contributed by atoms with E-state index in [-0.39, 0.29) is 10.9 Å². The summed E-state index contributed by atoms with van der Waals surface area (Å²) in [6.45, 7) is 1.68. The lowest BCUT2D eigenvalue weighted by Crippen LogP contribution is -2.14. The van der Waals surface area contributed by atoms with E-state index in [0.29, 0.717) is 5.56 Å². The van der Waals surface area contributed by atoms with Crippen molar-refractivity contribution in [1.82, 2.24) is 0 Å². The van der Waals surface area contributed by atoms with Gasteiger partial charge >= 0.3 is 5.97 Å². The zero-order valence-electron chi connectivity index (χ0n) is 14.5. The molecule has 0 aromatic heterocycles. The molecule has 3 rings (SSSR count). The van der Waals surface area contributed by atoms with E-state index >= 15 is 0 Å². The van der Waals surface area contributed by atoms with Gasteiger partial charge in [-0.3, -0.25) is 0 Å². The fourth-order valence-electron chi connectivity index (χ4n) is 2.53. The van der Waals surface area contributed by atoms with E-state index in [1.807, 2.05) is 54.6 Å². The first-order valence-corrected chi connectivity index (χ1v) is 9.53. The first-order valence-electron chi connectivity index (χ1n) is 8.30. The molecule has 0 amide bonds. The SMILES string of the molecule is C#CC(C)OC(=O)c1cccc([S+](c2ccccc2)c2ccccc2)c1. The van der Waals surface area contributed by atoms with Gasteiger partial charge in [-0.05, 0) is 43.3 Å². The lowest BCUT2D eigenvalue weighted by atomic mass is 10.2. The molecule has 1 atom stereocenters. The van der Waals surface area contributed by atoms with Crippen LogP contribution < -0.4 is 0 Å². The lowest BCUT2D eigenvalue weighted by Gasteiger charge is -2.10. The molecule has 26 heavy (non-hydrogen) atoms. The van der Waals surface area contributed by atoms with E-state index in [0.717, 1.165) is 4.90 Å². The van der Waals surface area contributed by atoms with Gasteiger partial charge in [0.05, 0.1) is 16.5 Å². The van der Waals surface area contributed by atoms with Crippen molar-refractivity contribution in [3.05, 3.63) is 90.5 Å². The van der Waals surface area contributed by atoms with Crippen LogP contribution in [0.3, 0.4) is 0 Å². The molecule has 0 radical (unpaired) electrons. The highest BCUT2D eigenvalue weighted by Gasteiger charge is 2.29. The molecule has 128 valence electrons. The largest absolute Gasteiger partial charge is 0.446 e. The minimum atomic E-state index is -0.548. The van der Waals surface area contributed by atoms with Crippen molar-refractivity contribution < 1.29 is 9.53 Å². The third kappa shape index (κ3) is 4.17. The maximum Gasteiger partial charge on any atom is 0.339 e. The fourth-order valence-corrected chi connectivity index (χ4v) is 4.67. The average molecular weight is 359 g/mol. The van der Waals surface area contributed by atoms with Crippen molar-refractivity contribution in [2.75, 3.05) is 0 Å². The number of carbonyl (C=O) groups excluding carboxylic acids is 1. The van der Waals surface area contributed by atoms with Crippen LogP contribution >= 0.6 is 0 Å². The molecule has 0 heterocycles. The zero-order chi connectivity index (χ0) is 18.4. The number of terminal acetylenes is 1. The molecule has 0 saturated heterocycles. The summed E-state index contributed by atoms with van der Waals surface area (Å²) in [5, 5.41) is 0. The van der Waals surface area contributed by atoms with Crippen molar-refractivity contribution >= 4 is 16.9 Å². The number of benzene rings is 3. The summed E-state index contributed by atoms with van der Waals surface area (Å²) in [7, 11) is -0.304. The zero-order valence-corrected chi connectivity index (χ0v) is 15.3. The van der Waals surface area contributed by atoms with Crippen molar-refractivity contribution in [3.63, 3.8) is 0 Å². The Kier molecular flexibility index (Phi) is 5.78. The van der Waals surface area contributed by atoms with Crippen molar-refractivity contribution in [1.29, 1.82) is 0 Å². The summed E-state index contributed by atoms with van der Waals surface area (Å²) < 4.78 is 5.26. The van der Waals surface area contributed by atoms with E-state index in [1.165, 1.54) is 9.79 Å². The van der Waals surface area contributed by atoms with E-state index in [2.05, 4.69) is 30.2 Å². The second-order valence-corrected chi connectivity index (χ2v) is 7.70. The third-order valence-corrected chi connectivity index (χ3v) is 5.99. The molecule has 0 aliphatic carbocycles. The predicted octanol–water partition coefficient (Wildman–Crippen LogP) is 4.96. The number of ether oxygens (including phenoxy) is 1. The molecule has 2 nitrogen and oxygen atoms in total. The molecule has 0 aliphatic rings. The normalized spacial score (nSPS) is 11.6. The Morgan fingerprint density at radius 1 is 0.885 bits per heavy atom. The minimum Gasteiger partial charge on any atom is -0.446 e. The van der Waals surface area contributed by atoms with Gasteiger partial charge in [0, 0.05) is 6.07 Å². The monoisotopic (exact) mass is 359 g/mol. The summed E-state index contributed by atoms with van der Waals surface area (Å²) in [5.41, 5.74) is 0.508. The maximum absolute atomic E-state index is 12.3. The summed E-state index contributed by atoms with van der Waals surface area (Å²) in [4.78, 5) is 15.8. The van der Waals surface area contributed by atoms with Gasteiger partial charge in [-0.25, -0.2) is 4.79 Å². The number of esters is 1. The van der Waals surface area contributed by atoms with E-state index in [4.69, 9.17) is 11.2 Å². The topological polar surface area (TPSA) is 26.3 Å². The first-order chi connectivity index (χ1) is 12.7. The fraction of sp³-hybridized carbons (Fsp3) is 0.0870. The van der Waals surface area contributed by atoms with Gasteiger partial charge in [-0.15, -0.1) is 6.42 Å². The number of rotatable bonds is 5. The van der Waals surface area contributed by atoms with Crippen molar-refractivity contribution in [3.8, 4) is 12.3 Å².